The van der Waals surface area contributed by atoms with Crippen molar-refractivity contribution in [3.63, 3.8) is 0 Å². The Hall–Kier alpha value is -1.66. The number of nitrogens with one attached hydrogen (secondary N) is 2. The normalized spacial score (nSPS) is 10.7. The molecule has 0 atom stereocenters. The van der Waals surface area contributed by atoms with Crippen LogP contribution in [0.2, 0.25) is 0 Å². The summed E-state index contributed by atoms with van der Waals surface area (Å²) in [5.41, 5.74) is 6.37. The van der Waals surface area contributed by atoms with Crippen LogP contribution in [0.15, 0.2) is 6.07 Å². The number of fused-ring (bicyclic) bond motifs is 1. The molecule has 5 nitrogen and oxygen atoms in total. The van der Waals surface area contributed by atoms with E-state index in [9.17, 15) is 4.79 Å². The minimum atomic E-state index is 0.0160. The third-order valence-electron chi connectivity index (χ3n) is 2.83. The van der Waals surface area contributed by atoms with Crippen LogP contribution in [0.25, 0.3) is 10.2 Å². The quantitative estimate of drug-likeness (QED) is 0.588. The van der Waals surface area contributed by atoms with E-state index < -0.39 is 0 Å². The van der Waals surface area contributed by atoms with Crippen molar-refractivity contribution in [2.24, 2.45) is 5.84 Å². The summed E-state index contributed by atoms with van der Waals surface area (Å²) in [5.74, 6) is 5.39. The highest BCUT2D eigenvalue weighted by atomic mass is 32.1. The van der Waals surface area contributed by atoms with Crippen LogP contribution >= 0.6 is 11.3 Å². The molecule has 4 N–H and O–H groups in total. The van der Waals surface area contributed by atoms with Crippen molar-refractivity contribution in [2.75, 3.05) is 10.7 Å². The van der Waals surface area contributed by atoms with E-state index in [1.165, 1.54) is 11.3 Å². The standard InChI is InChI=1S/C12H16N4OS/c1-4-9(17)15-10-6(2)5-8-11(7(10)3)18-12(14-8)16-13/h5H,4,13H2,1-3H3,(H,14,16)(H,15,17). The highest BCUT2D eigenvalue weighted by molar-refractivity contribution is 7.22. The number of carbonyl (C=O) groups is 1. The van der Waals surface area contributed by atoms with Crippen LogP contribution in [0.1, 0.15) is 24.5 Å². The Morgan fingerprint density at radius 3 is 2.83 bits per heavy atom. The number of hydrazine groups is 1. The molecule has 96 valence electrons. The minimum Gasteiger partial charge on any atom is -0.326 e. The average Bonchev–Trinajstić information content (AvgIpc) is 2.77. The average molecular weight is 264 g/mol. The van der Waals surface area contributed by atoms with Crippen molar-refractivity contribution in [3.05, 3.63) is 17.2 Å². The van der Waals surface area contributed by atoms with Gasteiger partial charge in [-0.05, 0) is 31.0 Å². The van der Waals surface area contributed by atoms with Crippen LogP contribution in [-0.4, -0.2) is 10.9 Å². The van der Waals surface area contributed by atoms with Crippen LogP contribution in [0, 0.1) is 13.8 Å². The molecule has 1 amide bonds. The number of nitrogens with zero attached hydrogens (tertiary/aromatic N) is 1. The molecule has 0 aliphatic carbocycles. The summed E-state index contributed by atoms with van der Waals surface area (Å²) in [7, 11) is 0. The van der Waals surface area contributed by atoms with Crippen LogP contribution < -0.4 is 16.6 Å². The summed E-state index contributed by atoms with van der Waals surface area (Å²) in [6.07, 6.45) is 0.467. The van der Waals surface area contributed by atoms with Gasteiger partial charge in [-0.15, -0.1) is 0 Å². The smallest absolute Gasteiger partial charge is 0.224 e. The highest BCUT2D eigenvalue weighted by Gasteiger charge is 2.13. The van der Waals surface area contributed by atoms with Gasteiger partial charge in [0.25, 0.3) is 0 Å². The van der Waals surface area contributed by atoms with Crippen molar-refractivity contribution < 1.29 is 4.79 Å². The second-order valence-electron chi connectivity index (χ2n) is 4.11. The van der Waals surface area contributed by atoms with Gasteiger partial charge in [-0.25, -0.2) is 10.8 Å². The molecule has 1 aromatic carbocycles. The van der Waals surface area contributed by atoms with E-state index in [-0.39, 0.29) is 5.91 Å². The number of nitrogens with two attached hydrogens (primary N) is 1. The molecule has 1 heterocycles. The molecule has 0 aliphatic rings. The third-order valence-corrected chi connectivity index (χ3v) is 3.95. The Morgan fingerprint density at radius 1 is 1.50 bits per heavy atom. The van der Waals surface area contributed by atoms with Gasteiger partial charge in [0.2, 0.25) is 5.91 Å². The Bertz CT molecular complexity index is 606. The van der Waals surface area contributed by atoms with Gasteiger partial charge in [0, 0.05) is 12.1 Å². The number of carbonyl (C=O) groups excluding carboxylic acids is 1. The lowest BCUT2D eigenvalue weighted by Crippen LogP contribution is -2.11. The van der Waals surface area contributed by atoms with E-state index in [4.69, 9.17) is 5.84 Å². The van der Waals surface area contributed by atoms with Gasteiger partial charge in [-0.3, -0.25) is 10.2 Å². The molecular formula is C12H16N4OS. The minimum absolute atomic E-state index is 0.0160. The van der Waals surface area contributed by atoms with Gasteiger partial charge in [-0.1, -0.05) is 18.3 Å². The Kier molecular flexibility index (Phi) is 3.49. The number of anilines is 2. The molecular weight excluding hydrogens is 248 g/mol. The van der Waals surface area contributed by atoms with Crippen molar-refractivity contribution >= 4 is 38.3 Å². The van der Waals surface area contributed by atoms with Crippen LogP contribution in [0.3, 0.4) is 0 Å². The third kappa shape index (κ3) is 2.16. The molecule has 0 saturated carbocycles. The zero-order valence-electron chi connectivity index (χ0n) is 10.6. The first-order valence-corrected chi connectivity index (χ1v) is 6.55. The maximum absolute atomic E-state index is 11.5. The summed E-state index contributed by atoms with van der Waals surface area (Å²) in [5, 5.41) is 3.61. The topological polar surface area (TPSA) is 80.0 Å². The first kappa shape index (κ1) is 12.8. The van der Waals surface area contributed by atoms with Crippen LogP contribution in [-0.2, 0) is 4.79 Å². The van der Waals surface area contributed by atoms with Gasteiger partial charge in [0.1, 0.15) is 0 Å². The molecule has 0 unspecified atom stereocenters. The van der Waals surface area contributed by atoms with Gasteiger partial charge in [-0.2, -0.15) is 0 Å². The number of amides is 1. The number of nitrogen functional groups attached to an aromatic ring is 1. The maximum Gasteiger partial charge on any atom is 0.224 e. The first-order chi connectivity index (χ1) is 8.56. The lowest BCUT2D eigenvalue weighted by molar-refractivity contribution is -0.115. The summed E-state index contributed by atoms with van der Waals surface area (Å²) < 4.78 is 1.04. The number of aromatic nitrogens is 1. The lowest BCUT2D eigenvalue weighted by Gasteiger charge is -2.11. The fourth-order valence-corrected chi connectivity index (χ4v) is 2.73. The molecule has 0 bridgehead atoms. The molecule has 2 aromatic rings. The number of hydrogen-bond donors (Lipinski definition) is 3. The van der Waals surface area contributed by atoms with Gasteiger partial charge in [0.05, 0.1) is 10.2 Å². The Balaban J connectivity index is 2.56. The fraction of sp³-hybridized carbons (Fsp3) is 0.333. The van der Waals surface area contributed by atoms with Gasteiger partial charge >= 0.3 is 0 Å². The lowest BCUT2D eigenvalue weighted by atomic mass is 10.1. The molecule has 2 rings (SSSR count). The zero-order valence-corrected chi connectivity index (χ0v) is 11.4. The van der Waals surface area contributed by atoms with Gasteiger partial charge in [0.15, 0.2) is 5.13 Å². The second kappa shape index (κ2) is 4.91. The fourth-order valence-electron chi connectivity index (χ4n) is 1.87. The SMILES string of the molecule is CCC(=O)Nc1c(C)cc2nc(NN)sc2c1C. The Morgan fingerprint density at radius 2 is 2.22 bits per heavy atom. The monoisotopic (exact) mass is 264 g/mol. The van der Waals surface area contributed by atoms with E-state index in [1.54, 1.807) is 0 Å². The van der Waals surface area contributed by atoms with E-state index in [0.717, 1.165) is 27.0 Å². The molecule has 0 spiro atoms. The molecule has 0 radical (unpaired) electrons. The summed E-state index contributed by atoms with van der Waals surface area (Å²) >= 11 is 1.48. The zero-order chi connectivity index (χ0) is 13.3. The molecule has 0 saturated heterocycles. The van der Waals surface area contributed by atoms with Crippen molar-refractivity contribution in [1.82, 2.24) is 4.98 Å². The number of thiazole rings is 1. The Labute approximate surface area is 109 Å². The number of rotatable bonds is 3. The summed E-state index contributed by atoms with van der Waals surface area (Å²) in [4.78, 5) is 15.9. The predicted molar refractivity (Wildman–Crippen MR) is 75.8 cm³/mol. The van der Waals surface area contributed by atoms with Crippen molar-refractivity contribution in [3.8, 4) is 0 Å². The second-order valence-corrected chi connectivity index (χ2v) is 5.11. The molecule has 6 heteroatoms. The van der Waals surface area contributed by atoms with Crippen molar-refractivity contribution in [2.45, 2.75) is 27.2 Å². The van der Waals surface area contributed by atoms with E-state index in [1.807, 2.05) is 26.8 Å². The summed E-state index contributed by atoms with van der Waals surface area (Å²) in [6.45, 7) is 5.79. The molecule has 0 aliphatic heterocycles. The summed E-state index contributed by atoms with van der Waals surface area (Å²) in [6, 6.07) is 1.96. The molecule has 18 heavy (non-hydrogen) atoms. The number of hydrogen-bond acceptors (Lipinski definition) is 5. The van der Waals surface area contributed by atoms with Crippen LogP contribution in [0.4, 0.5) is 10.8 Å². The van der Waals surface area contributed by atoms with Gasteiger partial charge < -0.3 is 5.32 Å². The van der Waals surface area contributed by atoms with Crippen molar-refractivity contribution in [1.29, 1.82) is 0 Å². The van der Waals surface area contributed by atoms with E-state index >= 15 is 0 Å². The number of benzene rings is 1. The molecule has 0 fully saturated rings. The highest BCUT2D eigenvalue weighted by Crippen LogP contribution is 2.34. The van der Waals surface area contributed by atoms with E-state index in [0.29, 0.717) is 11.6 Å². The maximum atomic E-state index is 11.5. The first-order valence-electron chi connectivity index (χ1n) is 5.74. The van der Waals surface area contributed by atoms with E-state index in [2.05, 4.69) is 15.7 Å². The molecule has 1 aromatic heterocycles. The predicted octanol–water partition coefficient (Wildman–Crippen LogP) is 2.55. The largest absolute Gasteiger partial charge is 0.326 e. The number of aryl methyl sites for hydroxylation is 2. The van der Waals surface area contributed by atoms with Crippen LogP contribution in [0.5, 0.6) is 0 Å².